The second kappa shape index (κ2) is 9.57. The van der Waals surface area contributed by atoms with Gasteiger partial charge in [0.25, 0.3) is 6.43 Å². The average molecular weight is 502 g/mol. The van der Waals surface area contributed by atoms with E-state index in [9.17, 15) is 8.78 Å². The van der Waals surface area contributed by atoms with E-state index in [-0.39, 0.29) is 34.3 Å². The van der Waals surface area contributed by atoms with Crippen molar-refractivity contribution in [1.29, 1.82) is 5.26 Å². The van der Waals surface area contributed by atoms with Crippen LogP contribution >= 0.6 is 23.2 Å². The summed E-state index contributed by atoms with van der Waals surface area (Å²) in [4.78, 5) is 2.82. The van der Waals surface area contributed by atoms with Gasteiger partial charge < -0.3 is 9.30 Å². The van der Waals surface area contributed by atoms with Gasteiger partial charge in [0, 0.05) is 26.4 Å². The van der Waals surface area contributed by atoms with Crippen LogP contribution in [0.5, 0.6) is 11.5 Å². The number of hydrogen-bond donors (Lipinski definition) is 0. The predicted molar refractivity (Wildman–Crippen MR) is 122 cm³/mol. The molecule has 0 fully saturated rings. The minimum Gasteiger partial charge on any atom is -0.453 e. The van der Waals surface area contributed by atoms with Crippen LogP contribution in [0, 0.1) is 17.1 Å². The first-order valence-electron chi connectivity index (χ1n) is 9.63. The number of fused-ring (bicyclic) bond motifs is 1. The molecule has 1 heterocycles. The molecule has 0 aliphatic carbocycles. The van der Waals surface area contributed by atoms with Crippen molar-refractivity contribution in [2.75, 3.05) is 0 Å². The van der Waals surface area contributed by atoms with Crippen molar-refractivity contribution in [1.82, 2.24) is 4.57 Å². The molecule has 4 rings (SSSR count). The third-order valence-corrected chi connectivity index (χ3v) is 5.63. The zero-order valence-electron chi connectivity index (χ0n) is 17.0. The van der Waals surface area contributed by atoms with E-state index in [0.29, 0.717) is 15.9 Å². The Labute approximate surface area is 200 Å². The van der Waals surface area contributed by atoms with Gasteiger partial charge in [-0.3, -0.25) is 0 Å². The second-order valence-electron chi connectivity index (χ2n) is 7.11. The highest BCUT2D eigenvalue weighted by atomic mass is 35.5. The molecule has 34 heavy (non-hydrogen) atoms. The number of benzene rings is 3. The van der Waals surface area contributed by atoms with E-state index in [1.54, 1.807) is 34.9 Å². The first kappa shape index (κ1) is 23.3. The summed E-state index contributed by atoms with van der Waals surface area (Å²) >= 11 is 12.4. The van der Waals surface area contributed by atoms with Crippen molar-refractivity contribution in [2.45, 2.75) is 13.0 Å². The zero-order chi connectivity index (χ0) is 24.4. The van der Waals surface area contributed by atoms with E-state index >= 15 is 4.39 Å². The Morgan fingerprint density at radius 1 is 1.12 bits per heavy atom. The van der Waals surface area contributed by atoms with E-state index in [4.69, 9.17) is 38.7 Å². The standard InChI is InChI=1S/C23H12Cl2F3N5O/c24-17-2-1-3-19-16(17)9-20(31-32-30)33(19)11-13-4-5-18(25)22(21(13)26)34-15-7-12(10-29)6-14(8-15)23(27)28/h1-9,23H,11H2. The molecule has 0 aliphatic rings. The Balaban J connectivity index is 1.78. The van der Waals surface area contributed by atoms with Crippen LogP contribution in [0.2, 0.25) is 10.0 Å². The molecule has 0 aliphatic heterocycles. The van der Waals surface area contributed by atoms with Gasteiger partial charge in [-0.1, -0.05) is 35.3 Å². The summed E-state index contributed by atoms with van der Waals surface area (Å²) < 4.78 is 48.9. The van der Waals surface area contributed by atoms with Crippen LogP contribution in [0.25, 0.3) is 21.3 Å². The molecular weight excluding hydrogens is 490 g/mol. The van der Waals surface area contributed by atoms with Crippen molar-refractivity contribution in [3.05, 3.63) is 97.6 Å². The Bertz CT molecular complexity index is 1510. The highest BCUT2D eigenvalue weighted by Gasteiger charge is 2.19. The molecule has 0 atom stereocenters. The van der Waals surface area contributed by atoms with E-state index in [1.807, 2.05) is 0 Å². The summed E-state index contributed by atoms with van der Waals surface area (Å²) in [6.07, 6.45) is -2.85. The topological polar surface area (TPSA) is 86.7 Å². The first-order chi connectivity index (χ1) is 16.3. The molecule has 170 valence electrons. The highest BCUT2D eigenvalue weighted by molar-refractivity contribution is 6.35. The SMILES string of the molecule is N#Cc1cc(Oc2c(Cl)ccc(Cn3c(N=[N+]=[N-])cc4c(Cl)cccc43)c2F)cc(C(F)F)c1. The summed E-state index contributed by atoms with van der Waals surface area (Å²) in [6, 6.07) is 14.5. The largest absolute Gasteiger partial charge is 0.453 e. The van der Waals surface area contributed by atoms with Crippen molar-refractivity contribution in [2.24, 2.45) is 5.11 Å². The van der Waals surface area contributed by atoms with Crippen molar-refractivity contribution < 1.29 is 17.9 Å². The van der Waals surface area contributed by atoms with Crippen LogP contribution in [0.4, 0.5) is 19.0 Å². The summed E-state index contributed by atoms with van der Waals surface area (Å²) in [7, 11) is 0. The van der Waals surface area contributed by atoms with Gasteiger partial charge in [-0.05, 0) is 53.1 Å². The number of azide groups is 1. The van der Waals surface area contributed by atoms with Gasteiger partial charge in [-0.15, -0.1) is 0 Å². The zero-order valence-corrected chi connectivity index (χ0v) is 18.5. The molecule has 0 amide bonds. The van der Waals surface area contributed by atoms with Crippen LogP contribution in [-0.2, 0) is 6.54 Å². The van der Waals surface area contributed by atoms with E-state index < -0.39 is 23.6 Å². The molecule has 11 heteroatoms. The minimum atomic E-state index is -2.85. The number of ether oxygens (including phenoxy) is 1. The number of hydrogen-bond acceptors (Lipinski definition) is 3. The monoisotopic (exact) mass is 501 g/mol. The van der Waals surface area contributed by atoms with Crippen LogP contribution < -0.4 is 4.74 Å². The quantitative estimate of drug-likeness (QED) is 0.150. The highest BCUT2D eigenvalue weighted by Crippen LogP contribution is 2.37. The normalized spacial score (nSPS) is 10.9. The molecular formula is C23H12Cl2F3N5O. The summed E-state index contributed by atoms with van der Waals surface area (Å²) in [5, 5.41) is 13.7. The Morgan fingerprint density at radius 3 is 2.62 bits per heavy atom. The fourth-order valence-corrected chi connectivity index (χ4v) is 3.89. The van der Waals surface area contributed by atoms with Crippen LogP contribution in [0.1, 0.15) is 23.1 Å². The number of alkyl halides is 2. The summed E-state index contributed by atoms with van der Waals surface area (Å²) in [5.74, 6) is -1.19. The average Bonchev–Trinajstić information content (AvgIpc) is 3.17. The van der Waals surface area contributed by atoms with Gasteiger partial charge in [-0.25, -0.2) is 13.2 Å². The number of rotatable bonds is 6. The maximum atomic E-state index is 15.5. The van der Waals surface area contributed by atoms with Crippen molar-refractivity contribution in [3.8, 4) is 17.6 Å². The van der Waals surface area contributed by atoms with Gasteiger partial charge in [0.1, 0.15) is 11.6 Å². The molecule has 0 bridgehead atoms. The molecule has 0 N–H and O–H groups in total. The van der Waals surface area contributed by atoms with E-state index in [2.05, 4.69) is 10.0 Å². The third-order valence-electron chi connectivity index (χ3n) is 5.01. The Hall–Kier alpha value is -3.83. The van der Waals surface area contributed by atoms with Crippen molar-refractivity contribution in [3.63, 3.8) is 0 Å². The lowest BCUT2D eigenvalue weighted by Gasteiger charge is -2.15. The number of halogens is 5. The molecule has 0 unspecified atom stereocenters. The molecule has 3 aromatic carbocycles. The van der Waals surface area contributed by atoms with E-state index in [0.717, 1.165) is 12.1 Å². The minimum absolute atomic E-state index is 0.0714. The molecule has 0 radical (unpaired) electrons. The van der Waals surface area contributed by atoms with Crippen LogP contribution in [0.3, 0.4) is 0 Å². The van der Waals surface area contributed by atoms with Crippen molar-refractivity contribution >= 4 is 39.9 Å². The molecule has 0 spiro atoms. The van der Waals surface area contributed by atoms with Gasteiger partial charge in [-0.2, -0.15) is 5.26 Å². The fraction of sp³-hybridized carbons (Fsp3) is 0.0870. The molecule has 4 aromatic rings. The number of aromatic nitrogens is 1. The van der Waals surface area contributed by atoms with Gasteiger partial charge in [0.05, 0.1) is 28.7 Å². The maximum absolute atomic E-state index is 15.5. The smallest absolute Gasteiger partial charge is 0.264 e. The summed E-state index contributed by atoms with van der Waals surface area (Å²) in [5.41, 5.74) is 9.14. The first-order valence-corrected chi connectivity index (χ1v) is 10.4. The lowest BCUT2D eigenvalue weighted by Crippen LogP contribution is -2.03. The second-order valence-corrected chi connectivity index (χ2v) is 7.92. The molecule has 0 saturated carbocycles. The van der Waals surface area contributed by atoms with Crippen LogP contribution in [-0.4, -0.2) is 4.57 Å². The lowest BCUT2D eigenvalue weighted by atomic mass is 10.1. The van der Waals surface area contributed by atoms with Gasteiger partial charge in [0.2, 0.25) is 0 Å². The predicted octanol–water partition coefficient (Wildman–Crippen LogP) is 8.68. The van der Waals surface area contributed by atoms with E-state index in [1.165, 1.54) is 18.2 Å². The lowest BCUT2D eigenvalue weighted by molar-refractivity contribution is 0.151. The van der Waals surface area contributed by atoms with Gasteiger partial charge in [0.15, 0.2) is 11.6 Å². The molecule has 1 aromatic heterocycles. The number of nitrogens with zero attached hydrogens (tertiary/aromatic N) is 5. The molecule has 6 nitrogen and oxygen atoms in total. The Kier molecular flexibility index (Phi) is 6.57. The molecule has 0 saturated heterocycles. The summed E-state index contributed by atoms with van der Waals surface area (Å²) in [6.45, 7) is -0.0714. The fourth-order valence-electron chi connectivity index (χ4n) is 3.48. The van der Waals surface area contributed by atoms with Gasteiger partial charge >= 0.3 is 0 Å². The maximum Gasteiger partial charge on any atom is 0.264 e. The third kappa shape index (κ3) is 4.47. The van der Waals surface area contributed by atoms with Crippen LogP contribution in [0.15, 0.2) is 59.7 Å². The Morgan fingerprint density at radius 2 is 1.91 bits per heavy atom. The number of nitriles is 1.